The van der Waals surface area contributed by atoms with Crippen LogP contribution in [0.2, 0.25) is 0 Å². The maximum Gasteiger partial charge on any atom is 0.260 e. The summed E-state index contributed by atoms with van der Waals surface area (Å²) < 4.78 is 6.97. The van der Waals surface area contributed by atoms with Crippen molar-refractivity contribution in [3.05, 3.63) is 77.6 Å². The molecule has 1 amide bonds. The van der Waals surface area contributed by atoms with Crippen LogP contribution in [0.4, 0.5) is 5.69 Å². The standard InChI is InChI=1S/C20H18N4O2/c1-13-7-8-15(9-21-13)10-24-11-18(16-5-3-4-6-19(16)24)22-20(25)17-12-26-23-14(17)2/h3-9,11-12H,10H2,1-2H3,(H,22,25). The zero-order chi connectivity index (χ0) is 18.1. The first-order valence-electron chi connectivity index (χ1n) is 8.33. The Morgan fingerprint density at radius 2 is 2.04 bits per heavy atom. The van der Waals surface area contributed by atoms with Crippen molar-refractivity contribution in [1.29, 1.82) is 0 Å². The molecule has 0 saturated heterocycles. The predicted molar refractivity (Wildman–Crippen MR) is 99.2 cm³/mol. The molecule has 0 fully saturated rings. The summed E-state index contributed by atoms with van der Waals surface area (Å²) in [4.78, 5) is 16.9. The minimum absolute atomic E-state index is 0.233. The number of hydrogen-bond acceptors (Lipinski definition) is 4. The number of benzene rings is 1. The molecule has 6 heteroatoms. The van der Waals surface area contributed by atoms with Gasteiger partial charge >= 0.3 is 0 Å². The average molecular weight is 346 g/mol. The lowest BCUT2D eigenvalue weighted by atomic mass is 10.2. The molecule has 0 atom stereocenters. The number of amides is 1. The van der Waals surface area contributed by atoms with E-state index in [1.54, 1.807) is 6.92 Å². The molecule has 4 rings (SSSR count). The van der Waals surface area contributed by atoms with Crippen LogP contribution in [0.15, 0.2) is 59.6 Å². The number of anilines is 1. The molecule has 130 valence electrons. The van der Waals surface area contributed by atoms with Gasteiger partial charge in [-0.15, -0.1) is 0 Å². The first-order chi connectivity index (χ1) is 12.6. The van der Waals surface area contributed by atoms with Crippen molar-refractivity contribution in [2.75, 3.05) is 5.32 Å². The van der Waals surface area contributed by atoms with Gasteiger partial charge in [0, 0.05) is 30.0 Å². The summed E-state index contributed by atoms with van der Waals surface area (Å²) in [6, 6.07) is 12.0. The topological polar surface area (TPSA) is 73.0 Å². The van der Waals surface area contributed by atoms with Gasteiger partial charge in [-0.1, -0.05) is 29.4 Å². The number of carbonyl (C=O) groups is 1. The molecule has 4 aromatic rings. The van der Waals surface area contributed by atoms with Gasteiger partial charge in [-0.2, -0.15) is 0 Å². The van der Waals surface area contributed by atoms with E-state index < -0.39 is 0 Å². The highest BCUT2D eigenvalue weighted by Gasteiger charge is 2.16. The monoisotopic (exact) mass is 346 g/mol. The van der Waals surface area contributed by atoms with Crippen molar-refractivity contribution < 1.29 is 9.32 Å². The molecule has 3 heterocycles. The zero-order valence-corrected chi connectivity index (χ0v) is 14.6. The molecular weight excluding hydrogens is 328 g/mol. The second-order valence-electron chi connectivity index (χ2n) is 6.26. The van der Waals surface area contributed by atoms with Gasteiger partial charge in [0.05, 0.1) is 16.9 Å². The molecule has 6 nitrogen and oxygen atoms in total. The number of aromatic nitrogens is 3. The smallest absolute Gasteiger partial charge is 0.260 e. The SMILES string of the molecule is Cc1ccc(Cn2cc(NC(=O)c3conc3C)c3ccccc32)cn1. The number of nitrogens with one attached hydrogen (secondary N) is 1. The lowest BCUT2D eigenvalue weighted by molar-refractivity contribution is 0.102. The quantitative estimate of drug-likeness (QED) is 0.607. The van der Waals surface area contributed by atoms with E-state index in [4.69, 9.17) is 4.52 Å². The number of aryl methyl sites for hydroxylation is 2. The lowest BCUT2D eigenvalue weighted by Gasteiger charge is -2.05. The predicted octanol–water partition coefficient (Wildman–Crippen LogP) is 3.94. The number of fused-ring (bicyclic) bond motifs is 1. The molecule has 26 heavy (non-hydrogen) atoms. The number of para-hydroxylation sites is 1. The minimum Gasteiger partial charge on any atom is -0.364 e. The van der Waals surface area contributed by atoms with E-state index in [9.17, 15) is 4.79 Å². The number of carbonyl (C=O) groups excluding carboxylic acids is 1. The van der Waals surface area contributed by atoms with Crippen LogP contribution in [-0.2, 0) is 6.54 Å². The van der Waals surface area contributed by atoms with Crippen LogP contribution in [0.25, 0.3) is 10.9 Å². The minimum atomic E-state index is -0.233. The summed E-state index contributed by atoms with van der Waals surface area (Å²) >= 11 is 0. The molecule has 0 aliphatic rings. The fraction of sp³-hybridized carbons (Fsp3) is 0.150. The Hall–Kier alpha value is -3.41. The molecule has 0 saturated carbocycles. The van der Waals surface area contributed by atoms with Crippen molar-refractivity contribution >= 4 is 22.5 Å². The van der Waals surface area contributed by atoms with Crippen LogP contribution >= 0.6 is 0 Å². The van der Waals surface area contributed by atoms with Crippen LogP contribution in [0.1, 0.15) is 27.3 Å². The van der Waals surface area contributed by atoms with Gasteiger partial charge in [-0.05, 0) is 31.5 Å². The van der Waals surface area contributed by atoms with Crippen molar-refractivity contribution in [3.8, 4) is 0 Å². The third kappa shape index (κ3) is 2.97. The highest BCUT2D eigenvalue weighted by molar-refractivity contribution is 6.09. The Morgan fingerprint density at radius 3 is 2.77 bits per heavy atom. The second kappa shape index (κ2) is 6.48. The van der Waals surface area contributed by atoms with E-state index in [1.165, 1.54) is 6.26 Å². The second-order valence-corrected chi connectivity index (χ2v) is 6.26. The summed E-state index contributed by atoms with van der Waals surface area (Å²) in [6.07, 6.45) is 5.19. The van der Waals surface area contributed by atoms with E-state index in [0.29, 0.717) is 17.8 Å². The third-order valence-corrected chi connectivity index (χ3v) is 4.36. The van der Waals surface area contributed by atoms with Crippen LogP contribution in [-0.4, -0.2) is 20.6 Å². The largest absolute Gasteiger partial charge is 0.364 e. The van der Waals surface area contributed by atoms with Crippen molar-refractivity contribution in [2.45, 2.75) is 20.4 Å². The van der Waals surface area contributed by atoms with Gasteiger partial charge < -0.3 is 14.4 Å². The molecule has 3 aromatic heterocycles. The zero-order valence-electron chi connectivity index (χ0n) is 14.6. The van der Waals surface area contributed by atoms with Gasteiger partial charge in [0.25, 0.3) is 5.91 Å². The summed E-state index contributed by atoms with van der Waals surface area (Å²) in [6.45, 7) is 4.39. The summed E-state index contributed by atoms with van der Waals surface area (Å²) in [5, 5.41) is 7.71. The molecule has 0 unspecified atom stereocenters. The molecule has 1 aromatic carbocycles. The lowest BCUT2D eigenvalue weighted by Crippen LogP contribution is -2.12. The molecule has 0 spiro atoms. The first kappa shape index (κ1) is 16.1. The molecule has 0 aliphatic carbocycles. The van der Waals surface area contributed by atoms with Crippen LogP contribution in [0.3, 0.4) is 0 Å². The van der Waals surface area contributed by atoms with E-state index in [0.717, 1.165) is 27.8 Å². The molecule has 0 bridgehead atoms. The maximum absolute atomic E-state index is 12.5. The van der Waals surface area contributed by atoms with E-state index in [1.807, 2.05) is 49.6 Å². The number of nitrogens with zero attached hydrogens (tertiary/aromatic N) is 3. The Balaban J connectivity index is 1.68. The van der Waals surface area contributed by atoms with Gasteiger partial charge in [0.1, 0.15) is 11.8 Å². The number of rotatable bonds is 4. The summed E-state index contributed by atoms with van der Waals surface area (Å²) in [5.74, 6) is -0.233. The van der Waals surface area contributed by atoms with Crippen LogP contribution in [0, 0.1) is 13.8 Å². The Bertz CT molecular complexity index is 1080. The van der Waals surface area contributed by atoms with Crippen LogP contribution in [0.5, 0.6) is 0 Å². The average Bonchev–Trinajstić information content (AvgIpc) is 3.22. The summed E-state index contributed by atoms with van der Waals surface area (Å²) in [5.41, 5.74) is 4.89. The molecule has 0 radical (unpaired) electrons. The van der Waals surface area contributed by atoms with Gasteiger partial charge in [0.15, 0.2) is 0 Å². The van der Waals surface area contributed by atoms with E-state index in [2.05, 4.69) is 26.1 Å². The fourth-order valence-electron chi connectivity index (χ4n) is 2.97. The molecule has 0 aliphatic heterocycles. The van der Waals surface area contributed by atoms with Gasteiger partial charge in [-0.3, -0.25) is 9.78 Å². The highest BCUT2D eigenvalue weighted by Crippen LogP contribution is 2.27. The maximum atomic E-state index is 12.5. The van der Waals surface area contributed by atoms with Crippen molar-refractivity contribution in [1.82, 2.24) is 14.7 Å². The summed E-state index contributed by atoms with van der Waals surface area (Å²) in [7, 11) is 0. The van der Waals surface area contributed by atoms with Gasteiger partial charge in [0.2, 0.25) is 0 Å². The van der Waals surface area contributed by atoms with Gasteiger partial charge in [-0.25, -0.2) is 0 Å². The van der Waals surface area contributed by atoms with Crippen molar-refractivity contribution in [3.63, 3.8) is 0 Å². The molecular formula is C20H18N4O2. The molecule has 1 N–H and O–H groups in total. The first-order valence-corrected chi connectivity index (χ1v) is 8.33. The van der Waals surface area contributed by atoms with E-state index >= 15 is 0 Å². The van der Waals surface area contributed by atoms with Crippen molar-refractivity contribution in [2.24, 2.45) is 0 Å². The van der Waals surface area contributed by atoms with Crippen LogP contribution < -0.4 is 5.32 Å². The number of pyridine rings is 1. The Kier molecular flexibility index (Phi) is 4.01. The normalized spacial score (nSPS) is 11.0. The Labute approximate surface area is 150 Å². The van der Waals surface area contributed by atoms with E-state index in [-0.39, 0.29) is 5.91 Å². The third-order valence-electron chi connectivity index (χ3n) is 4.36. The Morgan fingerprint density at radius 1 is 1.19 bits per heavy atom. The number of hydrogen-bond donors (Lipinski definition) is 1. The highest BCUT2D eigenvalue weighted by atomic mass is 16.5. The fourth-order valence-corrected chi connectivity index (χ4v) is 2.97.